The number of rotatable bonds is 7. The van der Waals surface area contributed by atoms with Crippen LogP contribution < -0.4 is 10.1 Å². The molecule has 1 amide bonds. The Labute approximate surface area is 170 Å². The van der Waals surface area contributed by atoms with E-state index in [1.165, 1.54) is 31.4 Å². The van der Waals surface area contributed by atoms with Crippen molar-refractivity contribution >= 4 is 48.1 Å². The van der Waals surface area contributed by atoms with Crippen molar-refractivity contribution in [2.45, 2.75) is 18.2 Å². The second-order valence-electron chi connectivity index (χ2n) is 6.04. The standard InChI is InChI=1S/C18H17N3O6S2/c1-3-29(25,26)13-6-4-11(5-7-13)8-16(22)19-18-20-17-14(27-2)9-12(21(23)24)10-15(17)28-18/h4-7,9-10H,3,8H2,1-2H3,(H,19,20,22). The molecule has 0 aliphatic heterocycles. The number of methoxy groups -OCH3 is 1. The summed E-state index contributed by atoms with van der Waals surface area (Å²) in [6, 6.07) is 8.78. The van der Waals surface area contributed by atoms with Crippen LogP contribution in [0.5, 0.6) is 5.75 Å². The van der Waals surface area contributed by atoms with Crippen LogP contribution in [-0.4, -0.2) is 37.1 Å². The normalized spacial score (nSPS) is 11.4. The molecule has 1 aromatic heterocycles. The van der Waals surface area contributed by atoms with Gasteiger partial charge in [-0.05, 0) is 17.7 Å². The minimum Gasteiger partial charge on any atom is -0.494 e. The Balaban J connectivity index is 1.77. The second-order valence-corrected chi connectivity index (χ2v) is 9.35. The van der Waals surface area contributed by atoms with Gasteiger partial charge in [0, 0.05) is 6.07 Å². The van der Waals surface area contributed by atoms with Gasteiger partial charge in [0.1, 0.15) is 5.52 Å². The number of nitro benzene ring substituents is 1. The summed E-state index contributed by atoms with van der Waals surface area (Å²) in [6.45, 7) is 1.57. The lowest BCUT2D eigenvalue weighted by Gasteiger charge is -2.04. The van der Waals surface area contributed by atoms with Crippen LogP contribution in [0, 0.1) is 10.1 Å². The van der Waals surface area contributed by atoms with Crippen LogP contribution in [0.2, 0.25) is 0 Å². The van der Waals surface area contributed by atoms with Crippen molar-refractivity contribution in [2.75, 3.05) is 18.2 Å². The highest BCUT2D eigenvalue weighted by Gasteiger charge is 2.17. The number of nitro groups is 1. The molecule has 0 spiro atoms. The summed E-state index contributed by atoms with van der Waals surface area (Å²) in [5.41, 5.74) is 0.942. The van der Waals surface area contributed by atoms with Gasteiger partial charge in [-0.3, -0.25) is 14.9 Å². The van der Waals surface area contributed by atoms with E-state index >= 15 is 0 Å². The van der Waals surface area contributed by atoms with E-state index in [1.54, 1.807) is 19.1 Å². The van der Waals surface area contributed by atoms with Gasteiger partial charge in [0.25, 0.3) is 5.69 Å². The lowest BCUT2D eigenvalue weighted by molar-refractivity contribution is -0.384. The van der Waals surface area contributed by atoms with Crippen LogP contribution in [0.4, 0.5) is 10.8 Å². The molecule has 3 aromatic rings. The minimum atomic E-state index is -3.29. The molecular weight excluding hydrogens is 418 g/mol. The molecule has 0 saturated heterocycles. The number of aromatic nitrogens is 1. The molecule has 1 heterocycles. The maximum absolute atomic E-state index is 12.3. The molecule has 9 nitrogen and oxygen atoms in total. The molecular formula is C18H17N3O6S2. The number of ether oxygens (including phenoxy) is 1. The van der Waals surface area contributed by atoms with E-state index in [9.17, 15) is 23.3 Å². The zero-order valence-electron chi connectivity index (χ0n) is 15.5. The van der Waals surface area contributed by atoms with Crippen LogP contribution in [-0.2, 0) is 21.1 Å². The average Bonchev–Trinajstić information content (AvgIpc) is 3.09. The quantitative estimate of drug-likeness (QED) is 0.446. The number of sulfone groups is 1. The van der Waals surface area contributed by atoms with E-state index in [2.05, 4.69) is 10.3 Å². The first-order valence-electron chi connectivity index (χ1n) is 8.48. The number of carbonyl (C=O) groups is 1. The van der Waals surface area contributed by atoms with Crippen molar-refractivity contribution in [2.24, 2.45) is 0 Å². The summed E-state index contributed by atoms with van der Waals surface area (Å²) in [7, 11) is -1.90. The second kappa shape index (κ2) is 8.13. The van der Waals surface area contributed by atoms with Gasteiger partial charge in [-0.25, -0.2) is 13.4 Å². The molecule has 3 rings (SSSR count). The fraction of sp³-hybridized carbons (Fsp3) is 0.222. The number of benzene rings is 2. The molecule has 2 aromatic carbocycles. The van der Waals surface area contributed by atoms with Gasteiger partial charge in [-0.15, -0.1) is 0 Å². The number of thiazole rings is 1. The number of hydrogen-bond donors (Lipinski definition) is 1. The highest BCUT2D eigenvalue weighted by Crippen LogP contribution is 2.36. The zero-order chi connectivity index (χ0) is 21.2. The molecule has 11 heteroatoms. The molecule has 0 saturated carbocycles. The molecule has 0 aliphatic carbocycles. The van der Waals surface area contributed by atoms with Crippen LogP contribution in [0.15, 0.2) is 41.3 Å². The van der Waals surface area contributed by atoms with Crippen molar-refractivity contribution in [3.05, 3.63) is 52.1 Å². The molecule has 29 heavy (non-hydrogen) atoms. The summed E-state index contributed by atoms with van der Waals surface area (Å²) in [6.07, 6.45) is 0.0274. The predicted molar refractivity (Wildman–Crippen MR) is 109 cm³/mol. The van der Waals surface area contributed by atoms with Gasteiger partial charge in [-0.1, -0.05) is 30.4 Å². The van der Waals surface area contributed by atoms with Gasteiger partial charge < -0.3 is 10.1 Å². The van der Waals surface area contributed by atoms with Crippen molar-refractivity contribution in [3.63, 3.8) is 0 Å². The lowest BCUT2D eigenvalue weighted by atomic mass is 10.1. The molecule has 0 aliphatic rings. The van der Waals surface area contributed by atoms with Crippen molar-refractivity contribution in [1.82, 2.24) is 4.98 Å². The Hall–Kier alpha value is -3.05. The summed E-state index contributed by atoms with van der Waals surface area (Å²) < 4.78 is 29.4. The van der Waals surface area contributed by atoms with E-state index in [1.807, 2.05) is 0 Å². The number of carbonyl (C=O) groups excluding carboxylic acids is 1. The minimum absolute atomic E-state index is 0.00602. The monoisotopic (exact) mass is 435 g/mol. The van der Waals surface area contributed by atoms with E-state index in [-0.39, 0.29) is 39.5 Å². The van der Waals surface area contributed by atoms with Gasteiger partial charge in [0.05, 0.1) is 39.9 Å². The summed E-state index contributed by atoms with van der Waals surface area (Å²) in [5, 5.41) is 14.0. The summed E-state index contributed by atoms with van der Waals surface area (Å²) >= 11 is 1.10. The Kier molecular flexibility index (Phi) is 5.80. The molecule has 0 atom stereocenters. The van der Waals surface area contributed by atoms with Crippen LogP contribution in [0.1, 0.15) is 12.5 Å². The van der Waals surface area contributed by atoms with Crippen molar-refractivity contribution in [1.29, 1.82) is 0 Å². The molecule has 0 fully saturated rings. The zero-order valence-corrected chi connectivity index (χ0v) is 17.2. The van der Waals surface area contributed by atoms with Crippen LogP contribution in [0.25, 0.3) is 10.2 Å². The number of anilines is 1. The Bertz CT molecular complexity index is 1190. The maximum Gasteiger partial charge on any atom is 0.274 e. The average molecular weight is 435 g/mol. The SMILES string of the molecule is CCS(=O)(=O)c1ccc(CC(=O)Nc2nc3c(OC)cc([N+](=O)[O-])cc3s2)cc1. The first kappa shape index (κ1) is 20.7. The summed E-state index contributed by atoms with van der Waals surface area (Å²) in [5.74, 6) is -0.0891. The third kappa shape index (κ3) is 4.51. The van der Waals surface area contributed by atoms with Gasteiger partial charge in [-0.2, -0.15) is 0 Å². The highest BCUT2D eigenvalue weighted by atomic mass is 32.2. The number of nitrogens with zero attached hydrogens (tertiary/aromatic N) is 2. The highest BCUT2D eigenvalue weighted by molar-refractivity contribution is 7.91. The van der Waals surface area contributed by atoms with E-state index in [0.29, 0.717) is 15.8 Å². The number of hydrogen-bond acceptors (Lipinski definition) is 8. The third-order valence-electron chi connectivity index (χ3n) is 4.15. The third-order valence-corrected chi connectivity index (χ3v) is 6.82. The van der Waals surface area contributed by atoms with Gasteiger partial charge in [0.2, 0.25) is 5.91 Å². The van der Waals surface area contributed by atoms with Crippen molar-refractivity contribution in [3.8, 4) is 5.75 Å². The summed E-state index contributed by atoms with van der Waals surface area (Å²) in [4.78, 5) is 27.3. The van der Waals surface area contributed by atoms with E-state index < -0.39 is 14.8 Å². The maximum atomic E-state index is 12.3. The molecule has 152 valence electrons. The molecule has 0 bridgehead atoms. The predicted octanol–water partition coefficient (Wildman–Crippen LogP) is 3.19. The van der Waals surface area contributed by atoms with Crippen LogP contribution in [0.3, 0.4) is 0 Å². The van der Waals surface area contributed by atoms with Crippen LogP contribution >= 0.6 is 11.3 Å². The van der Waals surface area contributed by atoms with Gasteiger partial charge >= 0.3 is 0 Å². The first-order valence-corrected chi connectivity index (χ1v) is 10.9. The van der Waals surface area contributed by atoms with Crippen molar-refractivity contribution < 1.29 is 22.9 Å². The number of fused-ring (bicyclic) bond motifs is 1. The number of non-ortho nitro benzene ring substituents is 1. The molecule has 0 unspecified atom stereocenters. The van der Waals surface area contributed by atoms with E-state index in [0.717, 1.165) is 11.3 Å². The Morgan fingerprint density at radius 1 is 1.28 bits per heavy atom. The Morgan fingerprint density at radius 3 is 2.55 bits per heavy atom. The molecule has 0 radical (unpaired) electrons. The van der Waals surface area contributed by atoms with Gasteiger partial charge in [0.15, 0.2) is 20.7 Å². The fourth-order valence-electron chi connectivity index (χ4n) is 2.63. The number of nitrogens with one attached hydrogen (secondary N) is 1. The van der Waals surface area contributed by atoms with E-state index in [4.69, 9.17) is 4.74 Å². The smallest absolute Gasteiger partial charge is 0.274 e. The number of amides is 1. The largest absolute Gasteiger partial charge is 0.494 e. The fourth-order valence-corrected chi connectivity index (χ4v) is 4.45. The Morgan fingerprint density at radius 2 is 1.97 bits per heavy atom. The first-order chi connectivity index (χ1) is 13.7. The topological polar surface area (TPSA) is 128 Å². The lowest BCUT2D eigenvalue weighted by Crippen LogP contribution is -2.14. The molecule has 1 N–H and O–H groups in total.